The van der Waals surface area contributed by atoms with Crippen LogP contribution in [-0.2, 0) is 21.2 Å². The first-order valence-corrected chi connectivity index (χ1v) is 10.5. The lowest BCUT2D eigenvalue weighted by molar-refractivity contribution is -0.137. The van der Waals surface area contributed by atoms with Gasteiger partial charge in [-0.15, -0.1) is 0 Å². The first-order valence-electron chi connectivity index (χ1n) is 10.5. The van der Waals surface area contributed by atoms with Crippen molar-refractivity contribution in [3.05, 3.63) is 59.2 Å². The largest absolute Gasteiger partial charge is 0.514 e. The minimum atomic E-state index is -4.91. The summed E-state index contributed by atoms with van der Waals surface area (Å²) in [6, 6.07) is 8.23. The highest BCUT2D eigenvalue weighted by Crippen LogP contribution is 2.41. The number of hydrogen-bond donors (Lipinski definition) is 1. The first kappa shape index (κ1) is 26.5. The lowest BCUT2D eigenvalue weighted by Gasteiger charge is -2.30. The van der Waals surface area contributed by atoms with Crippen LogP contribution in [0.4, 0.5) is 28.4 Å². The van der Waals surface area contributed by atoms with E-state index in [1.807, 2.05) is 0 Å². The molecule has 3 amide bonds. The van der Waals surface area contributed by atoms with Crippen LogP contribution >= 0.6 is 0 Å². The van der Waals surface area contributed by atoms with Crippen molar-refractivity contribution in [3.63, 3.8) is 0 Å². The Bertz CT molecular complexity index is 1250. The van der Waals surface area contributed by atoms with Crippen molar-refractivity contribution in [1.82, 2.24) is 4.90 Å². The number of carbonyl (C=O) groups is 3. The van der Waals surface area contributed by atoms with Gasteiger partial charge < -0.3 is 14.6 Å². The van der Waals surface area contributed by atoms with Crippen molar-refractivity contribution in [2.75, 3.05) is 11.6 Å². The van der Waals surface area contributed by atoms with E-state index in [9.17, 15) is 32.7 Å². The Labute approximate surface area is 204 Å². The van der Waals surface area contributed by atoms with E-state index < -0.39 is 59.0 Å². The number of nitriles is 1. The molecular weight excluding hydrogens is 483 g/mol. The number of carbonyl (C=O) groups excluding carboxylic acids is 3. The lowest BCUT2D eigenvalue weighted by Crippen LogP contribution is -2.44. The first-order chi connectivity index (χ1) is 16.6. The number of aliphatic hydroxyl groups excluding tert-OH is 1. The molecule has 3 rings (SSSR count). The fourth-order valence-corrected chi connectivity index (χ4v) is 3.66. The lowest BCUT2D eigenvalue weighted by atomic mass is 9.90. The highest BCUT2D eigenvalue weighted by atomic mass is 19.4. The number of anilines is 1. The number of nitrogens with zero attached hydrogens (tertiary/aromatic N) is 3. The maximum atomic E-state index is 13.4. The summed E-state index contributed by atoms with van der Waals surface area (Å²) in [6.45, 7) is 5.36. The number of hydrogen-bond acceptors (Lipinski definition) is 7. The molecule has 1 unspecified atom stereocenters. The minimum Gasteiger partial charge on any atom is -0.428 e. The van der Waals surface area contributed by atoms with Crippen LogP contribution in [-0.4, -0.2) is 40.4 Å². The van der Waals surface area contributed by atoms with E-state index in [0.717, 1.165) is 17.0 Å². The van der Waals surface area contributed by atoms with Gasteiger partial charge in [0.15, 0.2) is 0 Å². The molecule has 0 spiro atoms. The quantitative estimate of drug-likeness (QED) is 0.368. The number of urea groups is 1. The van der Waals surface area contributed by atoms with E-state index in [-0.39, 0.29) is 11.3 Å². The Morgan fingerprint density at radius 2 is 1.72 bits per heavy atom. The molecule has 1 heterocycles. The zero-order valence-electron chi connectivity index (χ0n) is 19.7. The third kappa shape index (κ3) is 4.83. The Morgan fingerprint density at radius 3 is 2.22 bits per heavy atom. The molecule has 1 saturated heterocycles. The zero-order chi connectivity index (χ0) is 27.1. The topological polar surface area (TPSA) is 120 Å². The van der Waals surface area contributed by atoms with Crippen molar-refractivity contribution in [2.45, 2.75) is 45.0 Å². The number of ether oxygens (including phenoxy) is 2. The molecule has 0 saturated carbocycles. The molecule has 2 aromatic carbocycles. The Balaban J connectivity index is 1.98. The summed E-state index contributed by atoms with van der Waals surface area (Å²) in [4.78, 5) is 39.7. The van der Waals surface area contributed by atoms with Gasteiger partial charge in [0, 0.05) is 0 Å². The Hall–Kier alpha value is -4.11. The predicted octanol–water partition coefficient (Wildman–Crippen LogP) is 4.52. The third-order valence-corrected chi connectivity index (χ3v) is 5.42. The number of aliphatic hydroxyl groups is 1. The summed E-state index contributed by atoms with van der Waals surface area (Å²) in [6.07, 6.45) is -5.87. The van der Waals surface area contributed by atoms with Crippen molar-refractivity contribution in [2.24, 2.45) is 0 Å². The normalized spacial score (nSPS) is 18.3. The second-order valence-electron chi connectivity index (χ2n) is 9.00. The van der Waals surface area contributed by atoms with Gasteiger partial charge in [-0.25, -0.2) is 14.5 Å². The summed E-state index contributed by atoms with van der Waals surface area (Å²) in [5.74, 6) is -0.858. The van der Waals surface area contributed by atoms with Gasteiger partial charge in [-0.05, 0) is 63.6 Å². The molecule has 12 heteroatoms. The maximum Gasteiger partial charge on any atom is 0.514 e. The Morgan fingerprint density at radius 1 is 1.11 bits per heavy atom. The number of benzene rings is 2. The molecule has 0 bridgehead atoms. The molecule has 1 N–H and O–H groups in total. The summed E-state index contributed by atoms with van der Waals surface area (Å²) in [7, 11) is 0. The SMILES string of the molecule is CC(C)(C)OC(=O)Oc1ccc(C2(C)C(=O)N(c3ccc(C#N)c(C(F)(F)F)c3)C(=O)N2CO)cc1. The molecule has 1 atom stereocenters. The second-order valence-corrected chi connectivity index (χ2v) is 9.00. The van der Waals surface area contributed by atoms with Gasteiger partial charge in [-0.3, -0.25) is 9.69 Å². The molecule has 190 valence electrons. The monoisotopic (exact) mass is 505 g/mol. The summed E-state index contributed by atoms with van der Waals surface area (Å²) in [5.41, 5.74) is -4.79. The summed E-state index contributed by atoms with van der Waals surface area (Å²) in [5, 5.41) is 18.9. The van der Waals surface area contributed by atoms with Gasteiger partial charge in [-0.2, -0.15) is 18.4 Å². The predicted molar refractivity (Wildman–Crippen MR) is 119 cm³/mol. The van der Waals surface area contributed by atoms with Crippen LogP contribution in [0.5, 0.6) is 5.75 Å². The van der Waals surface area contributed by atoms with Crippen LogP contribution in [0.2, 0.25) is 0 Å². The molecular formula is C24H22F3N3O6. The van der Waals surface area contributed by atoms with E-state index in [0.29, 0.717) is 11.0 Å². The van der Waals surface area contributed by atoms with E-state index in [1.54, 1.807) is 20.8 Å². The van der Waals surface area contributed by atoms with Crippen LogP contribution in [0.1, 0.15) is 44.4 Å². The van der Waals surface area contributed by atoms with Crippen LogP contribution in [0.15, 0.2) is 42.5 Å². The molecule has 1 aliphatic heterocycles. The number of rotatable bonds is 4. The number of halogens is 3. The van der Waals surface area contributed by atoms with Gasteiger partial charge in [0.05, 0.1) is 22.9 Å². The molecule has 36 heavy (non-hydrogen) atoms. The summed E-state index contributed by atoms with van der Waals surface area (Å²) >= 11 is 0. The van der Waals surface area contributed by atoms with Crippen molar-refractivity contribution in [1.29, 1.82) is 5.26 Å². The van der Waals surface area contributed by atoms with Gasteiger partial charge in [0.25, 0.3) is 5.91 Å². The highest BCUT2D eigenvalue weighted by Gasteiger charge is 2.56. The molecule has 0 radical (unpaired) electrons. The molecule has 1 aliphatic rings. The molecule has 9 nitrogen and oxygen atoms in total. The van der Waals surface area contributed by atoms with Gasteiger partial charge in [0.2, 0.25) is 0 Å². The van der Waals surface area contributed by atoms with Gasteiger partial charge in [-0.1, -0.05) is 12.1 Å². The second kappa shape index (κ2) is 9.16. The van der Waals surface area contributed by atoms with Crippen LogP contribution in [0.25, 0.3) is 0 Å². The van der Waals surface area contributed by atoms with E-state index in [4.69, 9.17) is 14.7 Å². The minimum absolute atomic E-state index is 0.0719. The van der Waals surface area contributed by atoms with Gasteiger partial charge in [0.1, 0.15) is 23.6 Å². The number of imide groups is 1. The number of alkyl halides is 3. The van der Waals surface area contributed by atoms with Gasteiger partial charge >= 0.3 is 18.4 Å². The zero-order valence-corrected chi connectivity index (χ0v) is 19.7. The number of amides is 3. The van der Waals surface area contributed by atoms with Crippen molar-refractivity contribution in [3.8, 4) is 11.8 Å². The molecule has 2 aromatic rings. The van der Waals surface area contributed by atoms with Crippen molar-refractivity contribution < 1.29 is 42.1 Å². The standard InChI is InChI=1S/C24H22F3N3O6/c1-22(2,3)36-21(34)35-17-9-6-15(7-10-17)23(4)19(32)30(20(33)29(23)13-31)16-8-5-14(12-28)18(11-16)24(25,26)27/h5-11,31H,13H2,1-4H3. The van der Waals surface area contributed by atoms with Crippen molar-refractivity contribution >= 4 is 23.8 Å². The van der Waals surface area contributed by atoms with E-state index >= 15 is 0 Å². The fraction of sp³-hybridized carbons (Fsp3) is 0.333. The van der Waals surface area contributed by atoms with Crippen LogP contribution in [0.3, 0.4) is 0 Å². The smallest absolute Gasteiger partial charge is 0.428 e. The van der Waals surface area contributed by atoms with E-state index in [1.165, 1.54) is 37.3 Å². The molecule has 0 aliphatic carbocycles. The fourth-order valence-electron chi connectivity index (χ4n) is 3.66. The average molecular weight is 505 g/mol. The maximum absolute atomic E-state index is 13.4. The molecule has 0 aromatic heterocycles. The summed E-state index contributed by atoms with van der Waals surface area (Å²) < 4.78 is 50.5. The van der Waals surface area contributed by atoms with Crippen LogP contribution in [0, 0.1) is 11.3 Å². The average Bonchev–Trinajstić information content (AvgIpc) is 2.97. The third-order valence-electron chi connectivity index (χ3n) is 5.42. The Kier molecular flexibility index (Phi) is 6.74. The van der Waals surface area contributed by atoms with E-state index in [2.05, 4.69) is 0 Å². The highest BCUT2D eigenvalue weighted by molar-refractivity contribution is 6.23. The molecule has 1 fully saturated rings. The van der Waals surface area contributed by atoms with Crippen LogP contribution < -0.4 is 9.64 Å².